The fourth-order valence-corrected chi connectivity index (χ4v) is 10.7. The molecule has 7 atom stereocenters. The number of nitrogens with two attached hydrogens (primary N) is 1. The van der Waals surface area contributed by atoms with Gasteiger partial charge in [0.2, 0.25) is 17.7 Å². The summed E-state index contributed by atoms with van der Waals surface area (Å²) in [5.74, 6) is -0.392. The number of benzene rings is 2. The Morgan fingerprint density at radius 2 is 1.75 bits per heavy atom. The highest BCUT2D eigenvalue weighted by Gasteiger charge is 2.45. The molecule has 2 amide bonds. The van der Waals surface area contributed by atoms with E-state index in [-0.39, 0.29) is 61.2 Å². The van der Waals surface area contributed by atoms with E-state index < -0.39 is 18.1 Å². The zero-order valence-corrected chi connectivity index (χ0v) is 39.5. The maximum absolute atomic E-state index is 14.5. The van der Waals surface area contributed by atoms with Crippen LogP contribution in [0.25, 0.3) is 21.7 Å². The summed E-state index contributed by atoms with van der Waals surface area (Å²) in [4.78, 5) is 44.5. The SMILES string of the molecule is Cc1cc([C@@H](C(=O)N2C[C@H](O)C[C@H]2C(=O)N[C@@H](C)c2ccc(-c3scnc3C)cc2)[C@@H](C)COCCCOc2cc(N3C4CCC3CN(c3cc(-c5ccccc5O)nnc3N)C4)ccn2)on1. The van der Waals surface area contributed by atoms with Gasteiger partial charge in [-0.15, -0.1) is 21.5 Å². The number of nitrogen functional groups attached to an aromatic ring is 1. The van der Waals surface area contributed by atoms with E-state index in [1.54, 1.807) is 42.7 Å². The number of aromatic hydroxyl groups is 1. The normalized spacial score (nSPS) is 20.3. The number of aliphatic hydroxyl groups excluding tert-OH is 1. The first-order chi connectivity index (χ1) is 32.9. The number of pyridine rings is 1. The number of aliphatic hydroxyl groups is 1. The predicted octanol–water partition coefficient (Wildman–Crippen LogP) is 6.46. The number of carbonyl (C=O) groups is 2. The number of ether oxygens (including phenoxy) is 2. The maximum Gasteiger partial charge on any atom is 0.243 e. The zero-order chi connectivity index (χ0) is 47.5. The first kappa shape index (κ1) is 46.5. The second kappa shape index (κ2) is 20.3. The van der Waals surface area contributed by atoms with Gasteiger partial charge in [0.25, 0.3) is 0 Å². The summed E-state index contributed by atoms with van der Waals surface area (Å²) in [6.07, 6.45) is 3.69. The maximum atomic E-state index is 14.5. The van der Waals surface area contributed by atoms with Crippen LogP contribution in [0.3, 0.4) is 0 Å². The Bertz CT molecular complexity index is 2700. The van der Waals surface area contributed by atoms with Crippen LogP contribution in [-0.2, 0) is 14.3 Å². The third-order valence-electron chi connectivity index (χ3n) is 13.3. The highest BCUT2D eigenvalue weighted by atomic mass is 32.1. The van der Waals surface area contributed by atoms with Gasteiger partial charge >= 0.3 is 0 Å². The molecule has 3 aliphatic rings. The molecule has 7 heterocycles. The number of nitrogens with zero attached hydrogens (tertiary/aromatic N) is 8. The Morgan fingerprint density at radius 3 is 2.47 bits per heavy atom. The second-order valence-corrected chi connectivity index (χ2v) is 19.0. The first-order valence-corrected chi connectivity index (χ1v) is 24.1. The average molecular weight is 943 g/mol. The van der Waals surface area contributed by atoms with E-state index in [1.807, 2.05) is 80.9 Å². The monoisotopic (exact) mass is 942 g/mol. The van der Waals surface area contributed by atoms with Gasteiger partial charge in [0, 0.05) is 80.7 Å². The van der Waals surface area contributed by atoms with Crippen molar-refractivity contribution >= 4 is 40.3 Å². The molecule has 68 heavy (non-hydrogen) atoms. The quantitative estimate of drug-likeness (QED) is 0.0722. The van der Waals surface area contributed by atoms with Crippen molar-refractivity contribution in [3.63, 3.8) is 0 Å². The van der Waals surface area contributed by atoms with Crippen LogP contribution in [0, 0.1) is 19.8 Å². The summed E-state index contributed by atoms with van der Waals surface area (Å²) in [6, 6.07) is 22.1. The minimum Gasteiger partial charge on any atom is -0.507 e. The van der Waals surface area contributed by atoms with Gasteiger partial charge in [0.15, 0.2) is 5.82 Å². The predicted molar refractivity (Wildman–Crippen MR) is 258 cm³/mol. The summed E-state index contributed by atoms with van der Waals surface area (Å²) < 4.78 is 17.9. The molecule has 3 aliphatic heterocycles. The fraction of sp³-hybridized carbons (Fsp3) is 0.420. The minimum atomic E-state index is -0.864. The molecule has 0 spiro atoms. The van der Waals surface area contributed by atoms with Crippen LogP contribution in [0.5, 0.6) is 11.6 Å². The van der Waals surface area contributed by atoms with Gasteiger partial charge < -0.3 is 50.0 Å². The van der Waals surface area contributed by atoms with Crippen LogP contribution in [0.15, 0.2) is 89.0 Å². The van der Waals surface area contributed by atoms with Crippen LogP contribution in [-0.4, -0.2) is 116 Å². The van der Waals surface area contributed by atoms with Crippen molar-refractivity contribution < 1.29 is 33.8 Å². The molecule has 5 N–H and O–H groups in total. The average Bonchev–Trinajstić information content (AvgIpc) is 4.13. The molecule has 0 aliphatic carbocycles. The molecule has 3 fully saturated rings. The van der Waals surface area contributed by atoms with Crippen molar-refractivity contribution in [3.8, 4) is 33.3 Å². The van der Waals surface area contributed by atoms with E-state index >= 15 is 0 Å². The number of likely N-dealkylation sites (tertiary alicyclic amines) is 1. The summed E-state index contributed by atoms with van der Waals surface area (Å²) >= 11 is 1.59. The Morgan fingerprint density at radius 1 is 0.971 bits per heavy atom. The number of nitrogens with one attached hydrogen (secondary N) is 1. The van der Waals surface area contributed by atoms with E-state index in [0.29, 0.717) is 54.0 Å². The Kier molecular flexibility index (Phi) is 13.9. The van der Waals surface area contributed by atoms with Crippen LogP contribution < -0.4 is 25.6 Å². The van der Waals surface area contributed by atoms with Crippen molar-refractivity contribution in [2.24, 2.45) is 5.92 Å². The molecule has 17 nitrogen and oxygen atoms in total. The molecule has 356 valence electrons. The lowest BCUT2D eigenvalue weighted by molar-refractivity contribution is -0.141. The molecule has 2 unspecified atom stereocenters. The third kappa shape index (κ3) is 9.98. The van der Waals surface area contributed by atoms with Gasteiger partial charge in [-0.2, -0.15) is 0 Å². The van der Waals surface area contributed by atoms with Crippen LogP contribution in [0.1, 0.15) is 74.2 Å². The van der Waals surface area contributed by atoms with Gasteiger partial charge in [0.05, 0.1) is 58.5 Å². The molecular formula is C50H58N10O7S. The van der Waals surface area contributed by atoms with Crippen molar-refractivity contribution in [2.45, 2.75) is 89.6 Å². The van der Waals surface area contributed by atoms with Gasteiger partial charge in [-0.3, -0.25) is 9.59 Å². The van der Waals surface area contributed by atoms with Crippen LogP contribution in [0.2, 0.25) is 0 Å². The number of para-hydroxylation sites is 1. The second-order valence-electron chi connectivity index (χ2n) is 18.2. The lowest BCUT2D eigenvalue weighted by Crippen LogP contribution is -2.54. The van der Waals surface area contributed by atoms with Gasteiger partial charge in [-0.05, 0) is 74.9 Å². The van der Waals surface area contributed by atoms with E-state index in [1.165, 1.54) is 4.90 Å². The number of rotatable bonds is 17. The number of hydrogen-bond acceptors (Lipinski definition) is 16. The Hall–Kier alpha value is -6.63. The standard InChI is InChI=1S/C50H58N10O7S/c1-29(46(44-20-30(2)57-67-44)50(64)59-26-38(61)22-42(59)49(63)54-31(3)33-10-12-34(13-11-33)47-32(4)53-28-68-47)27-65-18-7-19-66-45-21-35(16-17-52-45)60-36-14-15-37(60)25-58(24-36)41-23-40(55-56-48(41)51)39-8-5-6-9-43(39)62/h5-6,8-13,16-17,20-21,23,28-29,31,36-38,42,46,61-62H,7,14-15,18-19,22,24-27H2,1-4H3,(H2,51,56)(H,54,63)/t29-,31-,36?,37?,38+,42-,46-/m0/s1. The number of aromatic nitrogens is 5. The highest BCUT2D eigenvalue weighted by molar-refractivity contribution is 7.13. The highest BCUT2D eigenvalue weighted by Crippen LogP contribution is 2.40. The molecule has 3 saturated heterocycles. The number of aryl methyl sites for hydroxylation is 2. The molecule has 18 heteroatoms. The third-order valence-corrected chi connectivity index (χ3v) is 14.3. The number of β-amino-alcohol motifs (C(OH)–C–C–N with tert-alkyl or cyclic N) is 1. The number of phenols is 1. The molecule has 2 aromatic carbocycles. The number of carbonyl (C=O) groups excluding carboxylic acids is 2. The number of hydrogen-bond donors (Lipinski definition) is 4. The molecule has 2 bridgehead atoms. The number of fused-ring (bicyclic) bond motifs is 2. The summed E-state index contributed by atoms with van der Waals surface area (Å²) in [5, 5.41) is 36.9. The lowest BCUT2D eigenvalue weighted by atomic mass is 9.90. The lowest BCUT2D eigenvalue weighted by Gasteiger charge is -2.43. The van der Waals surface area contributed by atoms with Crippen LogP contribution in [0.4, 0.5) is 17.2 Å². The largest absolute Gasteiger partial charge is 0.507 e. The number of anilines is 3. The number of phenolic OH excluding ortho intramolecular Hbond substituents is 1. The molecule has 0 saturated carbocycles. The van der Waals surface area contributed by atoms with E-state index in [2.05, 4.69) is 40.4 Å². The Labute approximate surface area is 399 Å². The zero-order valence-electron chi connectivity index (χ0n) is 38.7. The summed E-state index contributed by atoms with van der Waals surface area (Å²) in [6.45, 7) is 10.1. The number of thiazole rings is 1. The first-order valence-electron chi connectivity index (χ1n) is 23.3. The van der Waals surface area contributed by atoms with Crippen LogP contribution >= 0.6 is 11.3 Å². The van der Waals surface area contributed by atoms with Gasteiger partial charge in [-0.25, -0.2) is 9.97 Å². The van der Waals surface area contributed by atoms with E-state index in [9.17, 15) is 19.8 Å². The molecule has 6 aromatic rings. The smallest absolute Gasteiger partial charge is 0.243 e. The number of piperazine rings is 1. The summed E-state index contributed by atoms with van der Waals surface area (Å²) in [7, 11) is 0. The van der Waals surface area contributed by atoms with Gasteiger partial charge in [-0.1, -0.05) is 48.5 Å². The minimum absolute atomic E-state index is 0.0244. The molecular weight excluding hydrogens is 885 g/mol. The van der Waals surface area contributed by atoms with E-state index in [4.69, 9.17) is 19.7 Å². The fourth-order valence-electron chi connectivity index (χ4n) is 9.88. The Balaban J connectivity index is 0.770. The number of amides is 2. The van der Waals surface area contributed by atoms with E-state index in [0.717, 1.165) is 59.0 Å². The topological polar surface area (TPSA) is 218 Å². The molecule has 4 aromatic heterocycles. The molecule has 9 rings (SSSR count). The van der Waals surface area contributed by atoms with Crippen molar-refractivity contribution in [1.29, 1.82) is 0 Å². The van der Waals surface area contributed by atoms with Crippen molar-refractivity contribution in [3.05, 3.63) is 107 Å². The molecule has 0 radical (unpaired) electrons. The summed E-state index contributed by atoms with van der Waals surface area (Å²) in [5.41, 5.74) is 14.8. The van der Waals surface area contributed by atoms with Gasteiger partial charge in [0.1, 0.15) is 23.5 Å². The van der Waals surface area contributed by atoms with Crippen molar-refractivity contribution in [1.82, 2.24) is 35.5 Å². The van der Waals surface area contributed by atoms with Crippen molar-refractivity contribution in [2.75, 3.05) is 55.0 Å².